The number of esters is 1. The van der Waals surface area contributed by atoms with Crippen LogP contribution in [0.15, 0.2) is 30.3 Å². The first-order chi connectivity index (χ1) is 7.06. The molecule has 0 aliphatic carbocycles. The smallest absolute Gasteiger partial charge is 0.341 e. The average molecular weight is 207 g/mol. The van der Waals surface area contributed by atoms with Gasteiger partial charge in [-0.15, -0.1) is 0 Å². The molecule has 0 saturated heterocycles. The fraction of sp³-hybridized carbons (Fsp3) is 0.417. The van der Waals surface area contributed by atoms with Gasteiger partial charge < -0.3 is 4.74 Å². The lowest BCUT2D eigenvalue weighted by atomic mass is 9.97. The third kappa shape index (κ3) is 3.36. The fourth-order valence-electron chi connectivity index (χ4n) is 1.34. The van der Waals surface area contributed by atoms with Crippen LogP contribution in [0.2, 0.25) is 0 Å². The molecule has 3 heteroatoms. The van der Waals surface area contributed by atoms with Crippen molar-refractivity contribution in [2.24, 2.45) is 0 Å². The minimum atomic E-state index is -1.70. The summed E-state index contributed by atoms with van der Waals surface area (Å²) in [5.41, 5.74) is -0.847. The van der Waals surface area contributed by atoms with Crippen LogP contribution in [0.25, 0.3) is 0 Å². The molecule has 3 nitrogen and oxygen atoms in total. The molecule has 0 fully saturated rings. The summed E-state index contributed by atoms with van der Waals surface area (Å²) in [6.07, 6.45) is 0.159. The average Bonchev–Trinajstić information content (AvgIpc) is 2.19. The Bertz CT molecular complexity index is 317. The molecule has 1 aromatic rings. The second-order valence-corrected chi connectivity index (χ2v) is 3.61. The summed E-state index contributed by atoms with van der Waals surface area (Å²) in [5, 5.41) is 11.9. The van der Waals surface area contributed by atoms with Crippen LogP contribution in [0.5, 0.6) is 0 Å². The zero-order valence-electron chi connectivity index (χ0n) is 9.03. The van der Waals surface area contributed by atoms with Crippen molar-refractivity contribution < 1.29 is 14.6 Å². The minimum Gasteiger partial charge on any atom is -0.464 e. The van der Waals surface area contributed by atoms with Crippen LogP contribution < -0.4 is 0 Å². The van der Waals surface area contributed by atoms with E-state index in [1.165, 1.54) is 6.92 Å². The van der Waals surface area contributed by atoms with Crippen molar-refractivity contribution in [3.8, 4) is 0 Å². The van der Waals surface area contributed by atoms with Crippen LogP contribution in [-0.2, 0) is 21.1 Å². The summed E-state index contributed by atoms with van der Waals surface area (Å²) in [6.45, 7) is 3.29. The Morgan fingerprint density at radius 2 is 1.93 bits per heavy atom. The van der Waals surface area contributed by atoms with Gasteiger partial charge in [-0.2, -0.15) is 0 Å². The molecule has 15 heavy (non-hydrogen) atoms. The molecule has 1 unspecified atom stereocenters. The number of carbonyl (C=O) groups excluding carboxylic acids is 1. The molecule has 1 radical (unpaired) electrons. The summed E-state index contributed by atoms with van der Waals surface area (Å²) in [5.74, 6) is -0.686. The van der Waals surface area contributed by atoms with Crippen molar-refractivity contribution in [2.45, 2.75) is 25.9 Å². The van der Waals surface area contributed by atoms with E-state index in [1.54, 1.807) is 6.92 Å². The van der Waals surface area contributed by atoms with Crippen molar-refractivity contribution in [1.29, 1.82) is 0 Å². The minimum absolute atomic E-state index is 0.159. The summed E-state index contributed by atoms with van der Waals surface area (Å²) in [6, 6.07) is 9.22. The predicted molar refractivity (Wildman–Crippen MR) is 55.9 cm³/mol. The van der Waals surface area contributed by atoms with Gasteiger partial charge in [0.15, 0.2) is 0 Å². The maximum absolute atomic E-state index is 11.9. The normalized spacial score (nSPS) is 14.3. The Labute approximate surface area is 89.7 Å². The van der Waals surface area contributed by atoms with E-state index in [2.05, 4.69) is 0 Å². The number of benzene rings is 1. The highest BCUT2D eigenvalue weighted by Gasteiger charge is 2.34. The highest BCUT2D eigenvalue weighted by atomic mass is 16.5. The fourth-order valence-corrected chi connectivity index (χ4v) is 1.34. The van der Waals surface area contributed by atoms with Gasteiger partial charge >= 0.3 is 5.97 Å². The van der Waals surface area contributed by atoms with E-state index in [0.29, 0.717) is 0 Å². The summed E-state index contributed by atoms with van der Waals surface area (Å²) < 4.78 is 4.73. The van der Waals surface area contributed by atoms with Crippen molar-refractivity contribution in [1.82, 2.24) is 0 Å². The van der Waals surface area contributed by atoms with E-state index in [1.807, 2.05) is 30.3 Å². The zero-order chi connectivity index (χ0) is 11.3. The van der Waals surface area contributed by atoms with Crippen LogP contribution in [0.1, 0.15) is 19.4 Å². The summed E-state index contributed by atoms with van der Waals surface area (Å²) >= 11 is 0. The monoisotopic (exact) mass is 207 g/mol. The van der Waals surface area contributed by atoms with Crippen molar-refractivity contribution >= 4 is 5.97 Å². The first kappa shape index (κ1) is 11.7. The highest BCUT2D eigenvalue weighted by Crippen LogP contribution is 2.15. The Kier molecular flexibility index (Phi) is 3.86. The lowest BCUT2D eigenvalue weighted by Gasteiger charge is -2.18. The van der Waals surface area contributed by atoms with Gasteiger partial charge in [-0.25, -0.2) is 9.90 Å². The van der Waals surface area contributed by atoms with Crippen LogP contribution >= 0.6 is 0 Å². The molecule has 1 aromatic carbocycles. The SMILES string of the molecule is CCOC(=O)C(C)([O])Cc1ccccc1. The number of rotatable bonds is 4. The molecule has 81 valence electrons. The third-order valence-corrected chi connectivity index (χ3v) is 2.09. The molecule has 0 bridgehead atoms. The van der Waals surface area contributed by atoms with Gasteiger partial charge in [0.25, 0.3) is 0 Å². The number of ether oxygens (including phenoxy) is 1. The number of hydrogen-bond acceptors (Lipinski definition) is 2. The molecule has 0 heterocycles. The molecular formula is C12H15O3. The largest absolute Gasteiger partial charge is 0.464 e. The number of carbonyl (C=O) groups is 1. The third-order valence-electron chi connectivity index (χ3n) is 2.09. The molecule has 1 rings (SSSR count). The van der Waals surface area contributed by atoms with Gasteiger partial charge in [0.05, 0.1) is 6.61 Å². The van der Waals surface area contributed by atoms with Crippen molar-refractivity contribution in [3.05, 3.63) is 35.9 Å². The van der Waals surface area contributed by atoms with Gasteiger partial charge in [-0.05, 0) is 19.4 Å². The first-order valence-corrected chi connectivity index (χ1v) is 4.98. The van der Waals surface area contributed by atoms with Crippen LogP contribution in [0.4, 0.5) is 0 Å². The van der Waals surface area contributed by atoms with Gasteiger partial charge in [0.1, 0.15) is 0 Å². The molecule has 0 aromatic heterocycles. The summed E-state index contributed by atoms with van der Waals surface area (Å²) in [7, 11) is 0. The molecule has 0 aliphatic rings. The molecule has 0 N–H and O–H groups in total. The molecule has 0 amide bonds. The van der Waals surface area contributed by atoms with Gasteiger partial charge in [-0.3, -0.25) is 0 Å². The second-order valence-electron chi connectivity index (χ2n) is 3.61. The number of hydrogen-bond donors (Lipinski definition) is 0. The van der Waals surface area contributed by atoms with Crippen LogP contribution in [0.3, 0.4) is 0 Å². The Balaban J connectivity index is 2.68. The van der Waals surface area contributed by atoms with Gasteiger partial charge in [0.2, 0.25) is 5.60 Å². The first-order valence-electron chi connectivity index (χ1n) is 4.98. The molecule has 0 spiro atoms. The maximum atomic E-state index is 11.9. The second kappa shape index (κ2) is 4.94. The van der Waals surface area contributed by atoms with Crippen LogP contribution in [0, 0.1) is 0 Å². The molecule has 0 aliphatic heterocycles. The van der Waals surface area contributed by atoms with Gasteiger partial charge in [0, 0.05) is 6.42 Å². The molecule has 1 atom stereocenters. The molecule has 0 saturated carbocycles. The topological polar surface area (TPSA) is 46.2 Å². The highest BCUT2D eigenvalue weighted by molar-refractivity contribution is 5.79. The lowest BCUT2D eigenvalue weighted by Crippen LogP contribution is -2.37. The quantitative estimate of drug-likeness (QED) is 0.709. The van der Waals surface area contributed by atoms with E-state index < -0.39 is 11.6 Å². The van der Waals surface area contributed by atoms with Crippen molar-refractivity contribution in [2.75, 3.05) is 6.61 Å². The standard InChI is InChI=1S/C12H15O3/c1-3-15-11(13)12(2,14)9-10-7-5-4-6-8-10/h4-8H,3,9H2,1-2H3. The van der Waals surface area contributed by atoms with E-state index in [0.717, 1.165) is 5.56 Å². The summed E-state index contributed by atoms with van der Waals surface area (Å²) in [4.78, 5) is 11.3. The van der Waals surface area contributed by atoms with E-state index >= 15 is 0 Å². The Morgan fingerprint density at radius 1 is 1.33 bits per heavy atom. The maximum Gasteiger partial charge on any atom is 0.341 e. The van der Waals surface area contributed by atoms with E-state index in [-0.39, 0.29) is 13.0 Å². The predicted octanol–water partition coefficient (Wildman–Crippen LogP) is 1.98. The van der Waals surface area contributed by atoms with Crippen molar-refractivity contribution in [3.63, 3.8) is 0 Å². The Hall–Kier alpha value is -1.35. The van der Waals surface area contributed by atoms with Gasteiger partial charge in [-0.1, -0.05) is 30.3 Å². The molecular weight excluding hydrogens is 192 g/mol. The zero-order valence-corrected chi connectivity index (χ0v) is 9.03. The lowest BCUT2D eigenvalue weighted by molar-refractivity contribution is -0.170. The van der Waals surface area contributed by atoms with E-state index in [4.69, 9.17) is 4.74 Å². The van der Waals surface area contributed by atoms with Crippen LogP contribution in [-0.4, -0.2) is 18.2 Å². The Morgan fingerprint density at radius 3 is 2.47 bits per heavy atom. The van der Waals surface area contributed by atoms with E-state index in [9.17, 15) is 9.90 Å².